The van der Waals surface area contributed by atoms with Gasteiger partial charge in [-0.3, -0.25) is 4.79 Å². The summed E-state index contributed by atoms with van der Waals surface area (Å²) in [4.78, 5) is 11.5. The van der Waals surface area contributed by atoms with Crippen LogP contribution in [-0.4, -0.2) is 12.5 Å². The summed E-state index contributed by atoms with van der Waals surface area (Å²) in [6, 6.07) is 4.80. The van der Waals surface area contributed by atoms with Gasteiger partial charge in [0.15, 0.2) is 0 Å². The second kappa shape index (κ2) is 2.56. The third-order valence-corrected chi connectivity index (χ3v) is 3.22. The van der Waals surface area contributed by atoms with Gasteiger partial charge in [-0.1, -0.05) is 6.07 Å². The van der Waals surface area contributed by atoms with E-state index in [2.05, 4.69) is 5.32 Å². The largest absolute Gasteiger partial charge is 0.355 e. The van der Waals surface area contributed by atoms with Gasteiger partial charge in [-0.15, -0.1) is 0 Å². The van der Waals surface area contributed by atoms with Gasteiger partial charge in [-0.2, -0.15) is 0 Å². The maximum absolute atomic E-state index is 13.0. The van der Waals surface area contributed by atoms with Gasteiger partial charge in [-0.05, 0) is 29.7 Å². The van der Waals surface area contributed by atoms with Crippen molar-refractivity contribution in [1.29, 1.82) is 0 Å². The highest BCUT2D eigenvalue weighted by atomic mass is 19.1. The van der Waals surface area contributed by atoms with Crippen LogP contribution in [0.1, 0.15) is 29.4 Å². The number of nitrogens with one attached hydrogen (secondary N) is 1. The molecule has 1 aromatic rings. The Morgan fingerprint density at radius 3 is 3.07 bits per heavy atom. The van der Waals surface area contributed by atoms with E-state index in [1.54, 1.807) is 0 Å². The molecule has 2 atom stereocenters. The third kappa shape index (κ3) is 0.924. The van der Waals surface area contributed by atoms with Crippen LogP contribution in [0.3, 0.4) is 0 Å². The summed E-state index contributed by atoms with van der Waals surface area (Å²) >= 11 is 0. The van der Waals surface area contributed by atoms with Crippen LogP contribution in [0.5, 0.6) is 0 Å². The van der Waals surface area contributed by atoms with Crippen molar-refractivity contribution in [3.05, 3.63) is 35.1 Å². The third-order valence-electron chi connectivity index (χ3n) is 3.22. The quantitative estimate of drug-likeness (QED) is 0.662. The summed E-state index contributed by atoms with van der Waals surface area (Å²) < 4.78 is 13.0. The van der Waals surface area contributed by atoms with Gasteiger partial charge < -0.3 is 5.32 Å². The van der Waals surface area contributed by atoms with E-state index in [-0.39, 0.29) is 17.6 Å². The van der Waals surface area contributed by atoms with E-state index < -0.39 is 0 Å². The van der Waals surface area contributed by atoms with Gasteiger partial charge in [0, 0.05) is 12.5 Å². The first kappa shape index (κ1) is 7.97. The highest BCUT2D eigenvalue weighted by Crippen LogP contribution is 2.43. The van der Waals surface area contributed by atoms with Crippen molar-refractivity contribution in [2.75, 3.05) is 6.54 Å². The number of hydrogen-bond donors (Lipinski definition) is 1. The van der Waals surface area contributed by atoms with Gasteiger partial charge in [-0.25, -0.2) is 4.39 Å². The van der Waals surface area contributed by atoms with E-state index in [0.29, 0.717) is 12.5 Å². The van der Waals surface area contributed by atoms with Crippen molar-refractivity contribution in [2.24, 2.45) is 0 Å². The normalized spacial score (nSPS) is 28.5. The van der Waals surface area contributed by atoms with Gasteiger partial charge >= 0.3 is 0 Å². The minimum absolute atomic E-state index is 0.0469. The molecule has 2 nitrogen and oxygen atoms in total. The molecule has 14 heavy (non-hydrogen) atoms. The molecular formula is C11H10FNO. The molecule has 1 amide bonds. The molecule has 1 N–H and O–H groups in total. The number of halogens is 1. The monoisotopic (exact) mass is 191 g/mol. The molecule has 2 unspecified atom stereocenters. The number of carbonyl (C=O) groups is 1. The number of carbonyl (C=O) groups excluding carboxylic acids is 1. The molecule has 2 bridgehead atoms. The standard InChI is InChI=1S/C11H10FNO/c12-7-1-2-8-6-3-10(9(8)4-7)11(14)13-5-6/h1-2,4,6,10H,3,5H2,(H,13,14). The number of benzene rings is 1. The summed E-state index contributed by atoms with van der Waals surface area (Å²) in [5, 5.41) is 2.85. The van der Waals surface area contributed by atoms with Crippen LogP contribution >= 0.6 is 0 Å². The molecule has 72 valence electrons. The molecular weight excluding hydrogens is 181 g/mol. The molecule has 1 aliphatic heterocycles. The first-order valence-corrected chi connectivity index (χ1v) is 4.83. The van der Waals surface area contributed by atoms with Crippen LogP contribution in [0.15, 0.2) is 18.2 Å². The first-order chi connectivity index (χ1) is 6.75. The predicted octanol–water partition coefficient (Wildman–Crippen LogP) is 1.53. The summed E-state index contributed by atoms with van der Waals surface area (Å²) in [5.41, 5.74) is 2.04. The van der Waals surface area contributed by atoms with Gasteiger partial charge in [0.25, 0.3) is 0 Å². The topological polar surface area (TPSA) is 29.1 Å². The Kier molecular flexibility index (Phi) is 1.46. The summed E-state index contributed by atoms with van der Waals surface area (Å²) in [6.07, 6.45) is 0.852. The summed E-state index contributed by atoms with van der Waals surface area (Å²) in [5.74, 6) is 0.0856. The predicted molar refractivity (Wildman–Crippen MR) is 49.5 cm³/mol. The lowest BCUT2D eigenvalue weighted by Crippen LogP contribution is -2.34. The van der Waals surface area contributed by atoms with Crippen molar-refractivity contribution in [2.45, 2.75) is 18.3 Å². The Hall–Kier alpha value is -1.38. The lowest BCUT2D eigenvalue weighted by atomic mass is 9.97. The Morgan fingerprint density at radius 2 is 2.21 bits per heavy atom. The number of piperidine rings is 1. The highest BCUT2D eigenvalue weighted by molar-refractivity contribution is 5.86. The van der Waals surface area contributed by atoms with Crippen LogP contribution in [0.25, 0.3) is 0 Å². The zero-order valence-electron chi connectivity index (χ0n) is 7.59. The lowest BCUT2D eigenvalue weighted by molar-refractivity contribution is -0.123. The zero-order valence-corrected chi connectivity index (χ0v) is 7.59. The van der Waals surface area contributed by atoms with E-state index in [4.69, 9.17) is 0 Å². The molecule has 0 saturated carbocycles. The molecule has 1 aromatic carbocycles. The van der Waals surface area contributed by atoms with Crippen molar-refractivity contribution >= 4 is 5.91 Å². The molecule has 0 aromatic heterocycles. The fourth-order valence-electron chi connectivity index (χ4n) is 2.55. The van der Waals surface area contributed by atoms with Gasteiger partial charge in [0.2, 0.25) is 5.91 Å². The smallest absolute Gasteiger partial charge is 0.227 e. The van der Waals surface area contributed by atoms with Crippen LogP contribution in [-0.2, 0) is 4.79 Å². The average molecular weight is 191 g/mol. The fourth-order valence-corrected chi connectivity index (χ4v) is 2.55. The van der Waals surface area contributed by atoms with Gasteiger partial charge in [0.05, 0.1) is 5.92 Å². The van der Waals surface area contributed by atoms with Crippen LogP contribution < -0.4 is 5.32 Å². The Balaban J connectivity index is 2.18. The van der Waals surface area contributed by atoms with E-state index in [1.165, 1.54) is 12.1 Å². The Morgan fingerprint density at radius 1 is 1.36 bits per heavy atom. The fraction of sp³-hybridized carbons (Fsp3) is 0.364. The SMILES string of the molecule is O=C1NCC2CC1c1cc(F)ccc12. The maximum Gasteiger partial charge on any atom is 0.227 e. The Bertz CT molecular complexity index is 416. The minimum atomic E-state index is -0.246. The second-order valence-corrected chi connectivity index (χ2v) is 4.00. The van der Waals surface area contributed by atoms with E-state index in [0.717, 1.165) is 17.5 Å². The summed E-state index contributed by atoms with van der Waals surface area (Å²) in [6.45, 7) is 0.702. The van der Waals surface area contributed by atoms with Crippen LogP contribution in [0.4, 0.5) is 4.39 Å². The van der Waals surface area contributed by atoms with Crippen molar-refractivity contribution < 1.29 is 9.18 Å². The molecule has 2 aliphatic rings. The van der Waals surface area contributed by atoms with Crippen molar-refractivity contribution in [3.63, 3.8) is 0 Å². The first-order valence-electron chi connectivity index (χ1n) is 4.83. The van der Waals surface area contributed by atoms with E-state index >= 15 is 0 Å². The highest BCUT2D eigenvalue weighted by Gasteiger charge is 2.39. The zero-order chi connectivity index (χ0) is 9.71. The molecule has 1 aliphatic carbocycles. The Labute approximate surface area is 81.1 Å². The number of hydrogen-bond acceptors (Lipinski definition) is 1. The molecule has 3 rings (SSSR count). The molecule has 0 spiro atoms. The van der Waals surface area contributed by atoms with Crippen LogP contribution in [0, 0.1) is 5.82 Å². The van der Waals surface area contributed by atoms with E-state index in [1.807, 2.05) is 6.07 Å². The maximum atomic E-state index is 13.0. The lowest BCUT2D eigenvalue weighted by Gasteiger charge is -2.19. The number of amides is 1. The van der Waals surface area contributed by atoms with Crippen molar-refractivity contribution in [3.8, 4) is 0 Å². The number of fused-ring (bicyclic) bond motifs is 5. The summed E-state index contributed by atoms with van der Waals surface area (Å²) in [7, 11) is 0. The molecule has 1 heterocycles. The molecule has 1 fully saturated rings. The van der Waals surface area contributed by atoms with Crippen molar-refractivity contribution in [1.82, 2.24) is 5.32 Å². The van der Waals surface area contributed by atoms with Gasteiger partial charge in [0.1, 0.15) is 5.82 Å². The second-order valence-electron chi connectivity index (χ2n) is 4.00. The molecule has 1 saturated heterocycles. The molecule has 0 radical (unpaired) electrons. The average Bonchev–Trinajstić information content (AvgIpc) is 2.47. The molecule has 3 heteroatoms. The number of rotatable bonds is 0. The van der Waals surface area contributed by atoms with E-state index in [9.17, 15) is 9.18 Å². The van der Waals surface area contributed by atoms with Crippen LogP contribution in [0.2, 0.25) is 0 Å². The minimum Gasteiger partial charge on any atom is -0.355 e.